The van der Waals surface area contributed by atoms with Crippen molar-refractivity contribution in [2.75, 3.05) is 6.54 Å². The summed E-state index contributed by atoms with van der Waals surface area (Å²) in [5.41, 5.74) is 7.64. The van der Waals surface area contributed by atoms with Crippen molar-refractivity contribution in [2.45, 2.75) is 58.0 Å². The molecule has 4 N–H and O–H groups in total. The van der Waals surface area contributed by atoms with Crippen molar-refractivity contribution in [2.24, 2.45) is 10.7 Å². The predicted molar refractivity (Wildman–Crippen MR) is 110 cm³/mol. The van der Waals surface area contributed by atoms with Crippen molar-refractivity contribution in [3.63, 3.8) is 0 Å². The lowest BCUT2D eigenvalue weighted by atomic mass is 9.96. The van der Waals surface area contributed by atoms with Crippen LogP contribution < -0.4 is 16.4 Å². The average Bonchev–Trinajstić information content (AvgIpc) is 2.59. The van der Waals surface area contributed by atoms with Crippen LogP contribution in [0.15, 0.2) is 29.3 Å². The monoisotopic (exact) mass is 444 g/mol. The van der Waals surface area contributed by atoms with Gasteiger partial charge < -0.3 is 16.4 Å². The van der Waals surface area contributed by atoms with Crippen molar-refractivity contribution in [3.05, 3.63) is 35.4 Å². The molecule has 134 valence electrons. The highest BCUT2D eigenvalue weighted by Gasteiger charge is 2.13. The van der Waals surface area contributed by atoms with Gasteiger partial charge >= 0.3 is 0 Å². The predicted octanol–water partition coefficient (Wildman–Crippen LogP) is 3.18. The lowest BCUT2D eigenvalue weighted by Crippen LogP contribution is -2.41. The van der Waals surface area contributed by atoms with E-state index in [2.05, 4.69) is 15.6 Å². The third-order valence-electron chi connectivity index (χ3n) is 4.11. The van der Waals surface area contributed by atoms with Crippen LogP contribution in [0.5, 0.6) is 0 Å². The number of halogens is 1. The summed E-state index contributed by atoms with van der Waals surface area (Å²) in [5, 5.41) is 6.19. The Kier molecular flexibility index (Phi) is 9.75. The third kappa shape index (κ3) is 7.07. The Labute approximate surface area is 161 Å². The van der Waals surface area contributed by atoms with E-state index in [-0.39, 0.29) is 29.9 Å². The number of amides is 1. The van der Waals surface area contributed by atoms with Crippen LogP contribution in [0.25, 0.3) is 0 Å². The first-order chi connectivity index (χ1) is 11.2. The molecule has 0 heterocycles. The molecule has 0 atom stereocenters. The van der Waals surface area contributed by atoms with Crippen molar-refractivity contribution in [3.8, 4) is 0 Å². The summed E-state index contributed by atoms with van der Waals surface area (Å²) >= 11 is 0. The van der Waals surface area contributed by atoms with Crippen LogP contribution >= 0.6 is 24.0 Å². The summed E-state index contributed by atoms with van der Waals surface area (Å²) in [6.45, 7) is 3.22. The van der Waals surface area contributed by atoms with Gasteiger partial charge in [-0.3, -0.25) is 4.79 Å². The van der Waals surface area contributed by atoms with E-state index in [0.29, 0.717) is 30.7 Å². The van der Waals surface area contributed by atoms with E-state index in [0.717, 1.165) is 12.0 Å². The molecule has 1 fully saturated rings. The van der Waals surface area contributed by atoms with Crippen LogP contribution in [0.2, 0.25) is 0 Å². The number of guanidine groups is 1. The lowest BCUT2D eigenvalue weighted by molar-refractivity contribution is 0.0953. The van der Waals surface area contributed by atoms with Gasteiger partial charge in [0.2, 0.25) is 0 Å². The topological polar surface area (TPSA) is 79.5 Å². The van der Waals surface area contributed by atoms with Crippen LogP contribution in [0.4, 0.5) is 0 Å². The maximum Gasteiger partial charge on any atom is 0.251 e. The molecule has 0 aliphatic heterocycles. The summed E-state index contributed by atoms with van der Waals surface area (Å²) < 4.78 is 0. The standard InChI is InChI=1S/C18H28N4O.HI/c1-2-11-20-17(23)15-8-6-7-14(12-15)13-21-18(19)22-16-9-4-3-5-10-16;/h6-8,12,16H,2-5,9-11,13H2,1H3,(H,20,23)(H3,19,21,22);1H. The Hall–Kier alpha value is -1.31. The molecule has 0 spiro atoms. The normalized spacial score (nSPS) is 15.5. The van der Waals surface area contributed by atoms with E-state index in [1.165, 1.54) is 32.1 Å². The van der Waals surface area contributed by atoms with E-state index < -0.39 is 0 Å². The number of carbonyl (C=O) groups excluding carboxylic acids is 1. The van der Waals surface area contributed by atoms with E-state index >= 15 is 0 Å². The summed E-state index contributed by atoms with van der Waals surface area (Å²) in [6, 6.07) is 8.01. The number of nitrogens with two attached hydrogens (primary N) is 1. The van der Waals surface area contributed by atoms with Gasteiger partial charge in [0.25, 0.3) is 5.91 Å². The minimum absolute atomic E-state index is 0. The van der Waals surface area contributed by atoms with Crippen LogP contribution in [0.1, 0.15) is 61.4 Å². The van der Waals surface area contributed by atoms with Crippen molar-refractivity contribution in [1.82, 2.24) is 10.6 Å². The number of aliphatic imine (C=N–C) groups is 1. The van der Waals surface area contributed by atoms with Crippen LogP contribution in [0, 0.1) is 0 Å². The number of carbonyl (C=O) groups is 1. The van der Waals surface area contributed by atoms with E-state index in [1.807, 2.05) is 31.2 Å². The Morgan fingerprint density at radius 2 is 2.04 bits per heavy atom. The van der Waals surface area contributed by atoms with Gasteiger partial charge in [0.15, 0.2) is 5.96 Å². The first-order valence-electron chi connectivity index (χ1n) is 8.62. The second-order valence-corrected chi connectivity index (χ2v) is 6.14. The summed E-state index contributed by atoms with van der Waals surface area (Å²) in [5.74, 6) is 0.462. The van der Waals surface area contributed by atoms with Crippen molar-refractivity contribution >= 4 is 35.8 Å². The minimum atomic E-state index is -0.0361. The molecule has 1 aliphatic rings. The fourth-order valence-corrected chi connectivity index (χ4v) is 2.83. The third-order valence-corrected chi connectivity index (χ3v) is 4.11. The molecule has 2 rings (SSSR count). The molecule has 0 bridgehead atoms. The number of hydrogen-bond donors (Lipinski definition) is 3. The second-order valence-electron chi connectivity index (χ2n) is 6.14. The van der Waals surface area contributed by atoms with Crippen molar-refractivity contribution < 1.29 is 4.79 Å². The number of nitrogens with one attached hydrogen (secondary N) is 2. The molecular formula is C18H29IN4O. The Balaban J connectivity index is 0.00000288. The molecule has 0 saturated heterocycles. The van der Waals surface area contributed by atoms with Gasteiger partial charge in [-0.25, -0.2) is 4.99 Å². The molecule has 0 aromatic heterocycles. The fraction of sp³-hybridized carbons (Fsp3) is 0.556. The van der Waals surface area contributed by atoms with Crippen LogP contribution in [0.3, 0.4) is 0 Å². The van der Waals surface area contributed by atoms with E-state index in [9.17, 15) is 4.79 Å². The second kappa shape index (κ2) is 11.3. The number of hydrogen-bond acceptors (Lipinski definition) is 2. The largest absolute Gasteiger partial charge is 0.370 e. The molecule has 0 unspecified atom stereocenters. The van der Waals surface area contributed by atoms with E-state index in [4.69, 9.17) is 5.73 Å². The highest BCUT2D eigenvalue weighted by Crippen LogP contribution is 2.17. The zero-order valence-corrected chi connectivity index (χ0v) is 16.7. The molecule has 0 radical (unpaired) electrons. The van der Waals surface area contributed by atoms with Crippen molar-refractivity contribution in [1.29, 1.82) is 0 Å². The molecule has 1 aromatic rings. The molecule has 6 heteroatoms. The number of rotatable bonds is 6. The highest BCUT2D eigenvalue weighted by molar-refractivity contribution is 14.0. The molecule has 1 aromatic carbocycles. The molecular weight excluding hydrogens is 415 g/mol. The first kappa shape index (κ1) is 20.7. The molecule has 1 saturated carbocycles. The fourth-order valence-electron chi connectivity index (χ4n) is 2.83. The van der Waals surface area contributed by atoms with Gasteiger partial charge in [-0.2, -0.15) is 0 Å². The lowest BCUT2D eigenvalue weighted by Gasteiger charge is -2.23. The Bertz CT molecular complexity index is 542. The maximum absolute atomic E-state index is 12.0. The van der Waals surface area contributed by atoms with E-state index in [1.54, 1.807) is 0 Å². The van der Waals surface area contributed by atoms with Crippen LogP contribution in [-0.2, 0) is 6.54 Å². The minimum Gasteiger partial charge on any atom is -0.370 e. The maximum atomic E-state index is 12.0. The Morgan fingerprint density at radius 1 is 1.29 bits per heavy atom. The van der Waals surface area contributed by atoms with Gasteiger partial charge in [-0.05, 0) is 37.0 Å². The zero-order valence-electron chi connectivity index (χ0n) is 14.4. The van der Waals surface area contributed by atoms with Crippen LogP contribution in [-0.4, -0.2) is 24.5 Å². The van der Waals surface area contributed by atoms with Gasteiger partial charge in [0.05, 0.1) is 6.54 Å². The highest BCUT2D eigenvalue weighted by atomic mass is 127. The molecule has 1 amide bonds. The summed E-state index contributed by atoms with van der Waals surface area (Å²) in [4.78, 5) is 16.4. The number of nitrogens with zero attached hydrogens (tertiary/aromatic N) is 1. The number of benzene rings is 1. The Morgan fingerprint density at radius 3 is 2.75 bits per heavy atom. The SMILES string of the molecule is CCCNC(=O)c1cccc(CN=C(N)NC2CCCCC2)c1.I. The quantitative estimate of drug-likeness (QED) is 0.358. The van der Waals surface area contributed by atoms with Gasteiger partial charge in [-0.1, -0.05) is 38.3 Å². The average molecular weight is 444 g/mol. The summed E-state index contributed by atoms with van der Waals surface area (Å²) in [7, 11) is 0. The smallest absolute Gasteiger partial charge is 0.251 e. The van der Waals surface area contributed by atoms with Gasteiger partial charge in [-0.15, -0.1) is 24.0 Å². The van der Waals surface area contributed by atoms with Gasteiger partial charge in [0, 0.05) is 18.2 Å². The first-order valence-corrected chi connectivity index (χ1v) is 8.62. The molecule has 5 nitrogen and oxygen atoms in total. The molecule has 1 aliphatic carbocycles. The van der Waals surface area contributed by atoms with Gasteiger partial charge in [0.1, 0.15) is 0 Å². The zero-order chi connectivity index (χ0) is 16.5. The molecule has 24 heavy (non-hydrogen) atoms. The summed E-state index contributed by atoms with van der Waals surface area (Å²) in [6.07, 6.45) is 7.12.